The van der Waals surface area contributed by atoms with Crippen molar-refractivity contribution in [3.8, 4) is 5.75 Å². The molecule has 0 aromatic heterocycles. The van der Waals surface area contributed by atoms with Gasteiger partial charge in [0.2, 0.25) is 0 Å². The minimum Gasteiger partial charge on any atom is -0.484 e. The Morgan fingerprint density at radius 2 is 1.84 bits per heavy atom. The summed E-state index contributed by atoms with van der Waals surface area (Å²) in [6, 6.07) is 11.4. The van der Waals surface area contributed by atoms with Crippen LogP contribution in [0, 0.1) is 0 Å². The minimum atomic E-state index is -4.49. The van der Waals surface area contributed by atoms with Crippen molar-refractivity contribution in [3.63, 3.8) is 0 Å². The van der Waals surface area contributed by atoms with Crippen LogP contribution >= 0.6 is 23.8 Å². The summed E-state index contributed by atoms with van der Waals surface area (Å²) < 4.78 is 43.0. The van der Waals surface area contributed by atoms with Crippen molar-refractivity contribution in [2.45, 2.75) is 6.18 Å². The molecule has 0 spiro atoms. The van der Waals surface area contributed by atoms with Gasteiger partial charge in [0.05, 0.1) is 16.3 Å². The number of rotatable bonds is 4. The van der Waals surface area contributed by atoms with Crippen molar-refractivity contribution in [1.82, 2.24) is 5.32 Å². The number of ether oxygens (including phenoxy) is 1. The molecule has 0 heterocycles. The van der Waals surface area contributed by atoms with E-state index in [1.165, 1.54) is 0 Å². The summed E-state index contributed by atoms with van der Waals surface area (Å²) in [6.45, 7) is -0.271. The Morgan fingerprint density at radius 3 is 2.44 bits per heavy atom. The van der Waals surface area contributed by atoms with Crippen LogP contribution in [-0.2, 0) is 11.0 Å². The number of alkyl halides is 3. The van der Waals surface area contributed by atoms with Crippen molar-refractivity contribution in [1.29, 1.82) is 0 Å². The molecule has 2 rings (SSSR count). The second-order valence-electron chi connectivity index (χ2n) is 4.80. The molecule has 0 radical (unpaired) electrons. The topological polar surface area (TPSA) is 50.4 Å². The van der Waals surface area contributed by atoms with Gasteiger partial charge in [0, 0.05) is 0 Å². The van der Waals surface area contributed by atoms with Gasteiger partial charge in [-0.2, -0.15) is 13.2 Å². The Bertz CT molecular complexity index is 770. The van der Waals surface area contributed by atoms with Gasteiger partial charge in [-0.3, -0.25) is 10.1 Å². The van der Waals surface area contributed by atoms with E-state index in [1.807, 2.05) is 0 Å². The first-order valence-corrected chi connectivity index (χ1v) is 7.70. The zero-order valence-electron chi connectivity index (χ0n) is 12.6. The molecule has 9 heteroatoms. The molecule has 4 nitrogen and oxygen atoms in total. The lowest BCUT2D eigenvalue weighted by molar-refractivity contribution is -0.137. The number of amides is 1. The molecule has 2 aromatic rings. The van der Waals surface area contributed by atoms with Gasteiger partial charge < -0.3 is 10.1 Å². The van der Waals surface area contributed by atoms with Crippen LogP contribution in [0.3, 0.4) is 0 Å². The molecule has 0 aliphatic carbocycles. The number of carbonyl (C=O) groups excluding carboxylic acids is 1. The summed E-state index contributed by atoms with van der Waals surface area (Å²) >= 11 is 10.7. The molecule has 132 valence electrons. The SMILES string of the molecule is O=C(COc1ccccc1)NC(=S)Nc1ccc(C(F)(F)F)cc1Cl. The average Bonchev–Trinajstić information content (AvgIpc) is 2.55. The van der Waals surface area contributed by atoms with Crippen LogP contribution in [0.25, 0.3) is 0 Å². The minimum absolute atomic E-state index is 0.108. The van der Waals surface area contributed by atoms with E-state index in [2.05, 4.69) is 10.6 Å². The fourth-order valence-corrected chi connectivity index (χ4v) is 2.23. The number of anilines is 1. The Balaban J connectivity index is 1.88. The van der Waals surface area contributed by atoms with Crippen molar-refractivity contribution in [3.05, 3.63) is 59.1 Å². The highest BCUT2D eigenvalue weighted by atomic mass is 35.5. The number of hydrogen-bond acceptors (Lipinski definition) is 3. The number of carbonyl (C=O) groups is 1. The van der Waals surface area contributed by atoms with Gasteiger partial charge in [0.15, 0.2) is 11.7 Å². The normalized spacial score (nSPS) is 10.9. The number of nitrogens with one attached hydrogen (secondary N) is 2. The van der Waals surface area contributed by atoms with Gasteiger partial charge in [0.25, 0.3) is 5.91 Å². The molecule has 2 N–H and O–H groups in total. The first-order valence-electron chi connectivity index (χ1n) is 6.91. The molecule has 25 heavy (non-hydrogen) atoms. The summed E-state index contributed by atoms with van der Waals surface area (Å²) in [6.07, 6.45) is -4.49. The first-order chi connectivity index (χ1) is 11.8. The highest BCUT2D eigenvalue weighted by Crippen LogP contribution is 2.33. The van der Waals surface area contributed by atoms with Crippen molar-refractivity contribution in [2.24, 2.45) is 0 Å². The quantitative estimate of drug-likeness (QED) is 0.769. The third-order valence-corrected chi connectivity index (χ3v) is 3.43. The fourth-order valence-electron chi connectivity index (χ4n) is 1.77. The number of thiocarbonyl (C=S) groups is 1. The zero-order chi connectivity index (χ0) is 18.4. The molecule has 0 bridgehead atoms. The van der Waals surface area contributed by atoms with Gasteiger partial charge in [-0.15, -0.1) is 0 Å². The largest absolute Gasteiger partial charge is 0.484 e. The maximum Gasteiger partial charge on any atom is 0.416 e. The Morgan fingerprint density at radius 1 is 1.16 bits per heavy atom. The van der Waals surface area contributed by atoms with Gasteiger partial charge in [-0.25, -0.2) is 0 Å². The van der Waals surface area contributed by atoms with E-state index in [4.69, 9.17) is 28.6 Å². The lowest BCUT2D eigenvalue weighted by Crippen LogP contribution is -2.37. The predicted octanol–water partition coefficient (Wildman–Crippen LogP) is 4.25. The summed E-state index contributed by atoms with van der Waals surface area (Å²) in [5, 5.41) is 4.63. The maximum absolute atomic E-state index is 12.6. The molecular formula is C16H12ClF3N2O2S. The van der Waals surface area contributed by atoms with E-state index >= 15 is 0 Å². The van der Waals surface area contributed by atoms with E-state index in [1.54, 1.807) is 30.3 Å². The van der Waals surface area contributed by atoms with Crippen LogP contribution in [-0.4, -0.2) is 17.6 Å². The summed E-state index contributed by atoms with van der Waals surface area (Å²) in [7, 11) is 0. The average molecular weight is 389 g/mol. The van der Waals surface area contributed by atoms with Crippen LogP contribution in [0.5, 0.6) is 5.75 Å². The van der Waals surface area contributed by atoms with Crippen molar-refractivity contribution < 1.29 is 22.7 Å². The van der Waals surface area contributed by atoms with Gasteiger partial charge >= 0.3 is 6.18 Å². The smallest absolute Gasteiger partial charge is 0.416 e. The van der Waals surface area contributed by atoms with Crippen LogP contribution in [0.4, 0.5) is 18.9 Å². The van der Waals surface area contributed by atoms with E-state index in [-0.39, 0.29) is 22.4 Å². The van der Waals surface area contributed by atoms with E-state index in [9.17, 15) is 18.0 Å². The molecular weight excluding hydrogens is 377 g/mol. The second-order valence-corrected chi connectivity index (χ2v) is 5.61. The predicted molar refractivity (Wildman–Crippen MR) is 92.8 cm³/mol. The standard InChI is InChI=1S/C16H12ClF3N2O2S/c17-12-8-10(16(18,19)20)6-7-13(12)21-15(25)22-14(23)9-24-11-4-2-1-3-5-11/h1-8H,9H2,(H2,21,22,23,25). The molecule has 1 amide bonds. The Kier molecular flexibility index (Phi) is 6.22. The molecule has 0 atom stereocenters. The molecule has 0 aliphatic heterocycles. The maximum atomic E-state index is 12.6. The molecule has 0 unspecified atom stereocenters. The van der Waals surface area contributed by atoms with Crippen LogP contribution in [0.1, 0.15) is 5.56 Å². The third kappa shape index (κ3) is 5.91. The fraction of sp³-hybridized carbons (Fsp3) is 0.125. The lowest BCUT2D eigenvalue weighted by Gasteiger charge is -2.13. The highest BCUT2D eigenvalue weighted by molar-refractivity contribution is 7.80. The third-order valence-electron chi connectivity index (χ3n) is 2.91. The van der Waals surface area contributed by atoms with Gasteiger partial charge in [-0.05, 0) is 42.5 Å². The van der Waals surface area contributed by atoms with Crippen LogP contribution in [0.2, 0.25) is 5.02 Å². The molecule has 0 aliphatic rings. The van der Waals surface area contributed by atoms with Gasteiger partial charge in [-0.1, -0.05) is 29.8 Å². The first kappa shape index (κ1) is 19.0. The Hall–Kier alpha value is -2.32. The summed E-state index contributed by atoms with van der Waals surface area (Å²) in [5.41, 5.74) is -0.738. The molecule has 0 saturated heterocycles. The van der Waals surface area contributed by atoms with E-state index in [0.29, 0.717) is 5.75 Å². The monoisotopic (exact) mass is 388 g/mol. The van der Waals surface area contributed by atoms with E-state index in [0.717, 1.165) is 18.2 Å². The zero-order valence-corrected chi connectivity index (χ0v) is 14.1. The number of halogens is 4. The van der Waals surface area contributed by atoms with Crippen LogP contribution in [0.15, 0.2) is 48.5 Å². The second kappa shape index (κ2) is 8.17. The molecule has 2 aromatic carbocycles. The number of hydrogen-bond donors (Lipinski definition) is 2. The number of para-hydroxylation sites is 1. The van der Waals surface area contributed by atoms with Crippen molar-refractivity contribution >= 4 is 40.5 Å². The number of benzene rings is 2. The van der Waals surface area contributed by atoms with Gasteiger partial charge in [0.1, 0.15) is 5.75 Å². The highest BCUT2D eigenvalue weighted by Gasteiger charge is 2.30. The van der Waals surface area contributed by atoms with Crippen LogP contribution < -0.4 is 15.4 Å². The van der Waals surface area contributed by atoms with Crippen molar-refractivity contribution in [2.75, 3.05) is 11.9 Å². The summed E-state index contributed by atoms with van der Waals surface area (Å²) in [5.74, 6) is -0.00769. The molecule has 0 saturated carbocycles. The lowest BCUT2D eigenvalue weighted by atomic mass is 10.2. The van der Waals surface area contributed by atoms with E-state index < -0.39 is 17.6 Å². The summed E-state index contributed by atoms with van der Waals surface area (Å²) in [4.78, 5) is 11.7. The molecule has 0 fully saturated rings. The Labute approximate surface area is 151 Å².